The average Bonchev–Trinajstić information content (AvgIpc) is 3.20. The Hall–Kier alpha value is -4.24. The molecule has 34 heavy (non-hydrogen) atoms. The van der Waals surface area contributed by atoms with Gasteiger partial charge in [-0.2, -0.15) is 0 Å². The van der Waals surface area contributed by atoms with Gasteiger partial charge in [0.15, 0.2) is 0 Å². The van der Waals surface area contributed by atoms with Crippen LogP contribution in [0.25, 0.3) is 0 Å². The summed E-state index contributed by atoms with van der Waals surface area (Å²) in [7, 11) is 0. The lowest BCUT2D eigenvalue weighted by Crippen LogP contribution is -2.50. The van der Waals surface area contributed by atoms with Crippen LogP contribution in [0.5, 0.6) is 0 Å². The molecule has 0 saturated carbocycles. The molecule has 3 aliphatic rings. The van der Waals surface area contributed by atoms with Gasteiger partial charge in [0.1, 0.15) is 0 Å². The minimum Gasteiger partial charge on any atom is -0.314 e. The topological polar surface area (TPSA) is 6.48 Å². The molecule has 2 bridgehead atoms. The van der Waals surface area contributed by atoms with Crippen molar-refractivity contribution in [2.45, 2.75) is 6.42 Å². The van der Waals surface area contributed by atoms with E-state index in [1.54, 1.807) is 0 Å². The summed E-state index contributed by atoms with van der Waals surface area (Å²) in [4.78, 5) is 4.89. The van der Waals surface area contributed by atoms with Gasteiger partial charge >= 0.3 is 0 Å². The number of nitrogens with zero attached hydrogens (tertiary/aromatic N) is 2. The van der Waals surface area contributed by atoms with Crippen molar-refractivity contribution in [2.24, 2.45) is 0 Å². The molecule has 0 atom stereocenters. The molecule has 160 valence electrons. The van der Waals surface area contributed by atoms with Crippen LogP contribution in [0.15, 0.2) is 144 Å². The summed E-state index contributed by atoms with van der Waals surface area (Å²) in [6, 6.07) is 39.3. The highest BCUT2D eigenvalue weighted by Crippen LogP contribution is 2.43. The molecule has 0 aromatic heterocycles. The van der Waals surface area contributed by atoms with Crippen LogP contribution in [0.1, 0.15) is 6.42 Å². The molecule has 0 spiro atoms. The van der Waals surface area contributed by atoms with Crippen molar-refractivity contribution < 1.29 is 0 Å². The first-order chi connectivity index (χ1) is 16.9. The first kappa shape index (κ1) is 19.3. The van der Waals surface area contributed by atoms with Gasteiger partial charge < -0.3 is 9.80 Å². The van der Waals surface area contributed by atoms with Crippen molar-refractivity contribution in [3.63, 3.8) is 0 Å². The lowest BCUT2D eigenvalue weighted by Gasteiger charge is -2.37. The Morgan fingerprint density at radius 2 is 1.09 bits per heavy atom. The highest BCUT2D eigenvalue weighted by molar-refractivity contribution is 6.93. The molecule has 0 fully saturated rings. The monoisotopic (exact) mass is 434 g/mol. The predicted molar refractivity (Wildman–Crippen MR) is 144 cm³/mol. The van der Waals surface area contributed by atoms with Crippen LogP contribution in [0.4, 0.5) is 22.7 Å². The van der Waals surface area contributed by atoms with Gasteiger partial charge in [-0.05, 0) is 59.5 Å². The molecule has 7 rings (SSSR count). The zero-order chi connectivity index (χ0) is 22.5. The second kappa shape index (κ2) is 7.67. The van der Waals surface area contributed by atoms with Gasteiger partial charge in [-0.25, -0.2) is 0 Å². The number of hydrogen-bond acceptors (Lipinski definition) is 2. The highest BCUT2D eigenvalue weighted by Gasteiger charge is 2.41. The Bertz CT molecular complexity index is 1480. The molecule has 2 heterocycles. The molecule has 4 aromatic carbocycles. The standard InChI is InChI=1S/C31H23BN2/c1-3-12-23(13-4-1)33-25-16-11-21-31-28(22-25)32(26-17-7-9-19-29(26)33)27-18-8-10-20-30(27)34(31)24-14-5-2-6-15-24/h1-21H,22H2. The van der Waals surface area contributed by atoms with E-state index in [2.05, 4.69) is 137 Å². The molecule has 0 saturated heterocycles. The molecule has 3 heteroatoms. The van der Waals surface area contributed by atoms with Crippen molar-refractivity contribution in [1.29, 1.82) is 0 Å². The van der Waals surface area contributed by atoms with E-state index >= 15 is 0 Å². The van der Waals surface area contributed by atoms with E-state index in [1.165, 1.54) is 50.5 Å². The van der Waals surface area contributed by atoms with Gasteiger partial charge in [0.25, 0.3) is 0 Å². The first-order valence-corrected chi connectivity index (χ1v) is 11.9. The summed E-state index contributed by atoms with van der Waals surface area (Å²) < 4.78 is 0. The van der Waals surface area contributed by atoms with Crippen LogP contribution in [0, 0.1) is 0 Å². The van der Waals surface area contributed by atoms with E-state index in [-0.39, 0.29) is 6.71 Å². The molecule has 1 aliphatic carbocycles. The summed E-state index contributed by atoms with van der Waals surface area (Å²) in [5.41, 5.74) is 11.7. The quantitative estimate of drug-likeness (QED) is 0.345. The van der Waals surface area contributed by atoms with Crippen LogP contribution in [-0.2, 0) is 0 Å². The minimum absolute atomic E-state index is 0.210. The van der Waals surface area contributed by atoms with Crippen LogP contribution >= 0.6 is 0 Å². The molecule has 0 N–H and O–H groups in total. The van der Waals surface area contributed by atoms with E-state index < -0.39 is 0 Å². The van der Waals surface area contributed by atoms with Gasteiger partial charge in [-0.15, -0.1) is 0 Å². The SMILES string of the molecule is C1=CC2=C3CC(=C1)N(c1ccccc1)c1ccccc1B3c1ccccc1N2c1ccccc1. The van der Waals surface area contributed by atoms with Crippen molar-refractivity contribution in [3.8, 4) is 0 Å². The lowest BCUT2D eigenvalue weighted by atomic mass is 9.34. The van der Waals surface area contributed by atoms with Gasteiger partial charge in [-0.3, -0.25) is 0 Å². The fourth-order valence-electron chi connectivity index (χ4n) is 5.76. The zero-order valence-corrected chi connectivity index (χ0v) is 18.8. The van der Waals surface area contributed by atoms with Crippen LogP contribution in [-0.4, -0.2) is 6.71 Å². The van der Waals surface area contributed by atoms with Crippen LogP contribution < -0.4 is 20.7 Å². The maximum absolute atomic E-state index is 2.45. The summed E-state index contributed by atoms with van der Waals surface area (Å²) >= 11 is 0. The van der Waals surface area contributed by atoms with Crippen molar-refractivity contribution in [2.75, 3.05) is 9.80 Å². The highest BCUT2D eigenvalue weighted by atomic mass is 15.2. The normalized spacial score (nSPS) is 15.9. The molecule has 0 radical (unpaired) electrons. The first-order valence-electron chi connectivity index (χ1n) is 11.9. The van der Waals surface area contributed by atoms with Gasteiger partial charge in [-0.1, -0.05) is 84.3 Å². The fourth-order valence-corrected chi connectivity index (χ4v) is 5.76. The van der Waals surface area contributed by atoms with E-state index in [1.807, 2.05) is 0 Å². The Morgan fingerprint density at radius 1 is 0.559 bits per heavy atom. The Balaban J connectivity index is 1.55. The molecular formula is C31H23BN2. The van der Waals surface area contributed by atoms with E-state index in [0.29, 0.717) is 0 Å². The molecular weight excluding hydrogens is 411 g/mol. The molecule has 2 nitrogen and oxygen atoms in total. The number of para-hydroxylation sites is 4. The molecule has 4 aromatic rings. The number of benzene rings is 4. The summed E-state index contributed by atoms with van der Waals surface area (Å²) in [5, 5.41) is 0. The number of fused-ring (bicyclic) bond motifs is 5. The summed E-state index contributed by atoms with van der Waals surface area (Å²) in [6.07, 6.45) is 7.71. The maximum atomic E-state index is 2.45. The second-order valence-electron chi connectivity index (χ2n) is 9.00. The number of hydrogen-bond donors (Lipinski definition) is 0. The van der Waals surface area contributed by atoms with Crippen LogP contribution in [0.3, 0.4) is 0 Å². The third kappa shape index (κ3) is 2.83. The maximum Gasteiger partial charge on any atom is 0.245 e. The minimum atomic E-state index is 0.210. The number of allylic oxidation sites excluding steroid dienone is 4. The zero-order valence-electron chi connectivity index (χ0n) is 18.8. The Kier molecular flexibility index (Phi) is 4.34. The predicted octanol–water partition coefficient (Wildman–Crippen LogP) is 6.24. The summed E-state index contributed by atoms with van der Waals surface area (Å²) in [6.45, 7) is 0.210. The third-order valence-corrected chi connectivity index (χ3v) is 7.13. The number of anilines is 4. The van der Waals surface area contributed by atoms with Gasteiger partial charge in [0.2, 0.25) is 6.71 Å². The fraction of sp³-hybridized carbons (Fsp3) is 0.0323. The van der Waals surface area contributed by atoms with E-state index in [0.717, 1.165) is 6.42 Å². The lowest BCUT2D eigenvalue weighted by molar-refractivity contribution is 1.06. The van der Waals surface area contributed by atoms with Crippen LogP contribution in [0.2, 0.25) is 0 Å². The smallest absolute Gasteiger partial charge is 0.245 e. The van der Waals surface area contributed by atoms with E-state index in [9.17, 15) is 0 Å². The van der Waals surface area contributed by atoms with Gasteiger partial charge in [0, 0.05) is 40.6 Å². The molecule has 0 unspecified atom stereocenters. The Morgan fingerprint density at radius 3 is 1.74 bits per heavy atom. The average molecular weight is 434 g/mol. The molecule has 2 aliphatic heterocycles. The van der Waals surface area contributed by atoms with E-state index in [4.69, 9.17) is 0 Å². The summed E-state index contributed by atoms with van der Waals surface area (Å²) in [5.74, 6) is 0. The van der Waals surface area contributed by atoms with Crippen molar-refractivity contribution >= 4 is 40.4 Å². The largest absolute Gasteiger partial charge is 0.314 e. The van der Waals surface area contributed by atoms with Crippen molar-refractivity contribution in [3.05, 3.63) is 144 Å². The number of rotatable bonds is 2. The van der Waals surface area contributed by atoms with Crippen molar-refractivity contribution in [1.82, 2.24) is 0 Å². The second-order valence-corrected chi connectivity index (χ2v) is 9.00. The molecule has 0 amide bonds. The Labute approximate surface area is 200 Å². The third-order valence-electron chi connectivity index (χ3n) is 7.13. The van der Waals surface area contributed by atoms with Gasteiger partial charge in [0.05, 0.1) is 0 Å².